The van der Waals surface area contributed by atoms with Gasteiger partial charge >= 0.3 is 5.97 Å². The third kappa shape index (κ3) is 5.03. The maximum absolute atomic E-state index is 11.1. The molecule has 2 atom stereocenters. The van der Waals surface area contributed by atoms with E-state index < -0.39 is 4.33 Å². The molecule has 0 bridgehead atoms. The van der Waals surface area contributed by atoms with E-state index in [0.717, 1.165) is 19.3 Å². The van der Waals surface area contributed by atoms with Crippen molar-refractivity contribution in [2.45, 2.75) is 51.3 Å². The second kappa shape index (κ2) is 7.69. The highest BCUT2D eigenvalue weighted by molar-refractivity contribution is 6.51. The minimum absolute atomic E-state index is 0.0358. The maximum atomic E-state index is 11.1. The summed E-state index contributed by atoms with van der Waals surface area (Å²) in [7, 11) is 0. The average Bonchev–Trinajstić information content (AvgIpc) is 2.77. The van der Waals surface area contributed by atoms with Gasteiger partial charge in [0.25, 0.3) is 0 Å². The van der Waals surface area contributed by atoms with Gasteiger partial charge in [0.15, 0.2) is 0 Å². The molecule has 0 spiro atoms. The van der Waals surface area contributed by atoms with Crippen LogP contribution in [0.3, 0.4) is 0 Å². The Labute approximate surface area is 138 Å². The van der Waals surface area contributed by atoms with Gasteiger partial charge in [-0.25, -0.2) is 4.79 Å². The van der Waals surface area contributed by atoms with Gasteiger partial charge in [0.05, 0.1) is 6.61 Å². The zero-order valence-corrected chi connectivity index (χ0v) is 14.9. The van der Waals surface area contributed by atoms with Crippen LogP contribution in [0.15, 0.2) is 24.3 Å². The normalized spacial score (nSPS) is 24.4. The third-order valence-electron chi connectivity index (χ3n) is 4.34. The van der Waals surface area contributed by atoms with Crippen molar-refractivity contribution in [2.24, 2.45) is 17.3 Å². The fraction of sp³-hybridized carbons (Fsp3) is 0.706. The van der Waals surface area contributed by atoms with Gasteiger partial charge in [0, 0.05) is 17.4 Å². The van der Waals surface area contributed by atoms with Crippen LogP contribution >= 0.6 is 23.2 Å². The van der Waals surface area contributed by atoms with Gasteiger partial charge < -0.3 is 4.74 Å². The standard InChI is InChI=1S/C17H26Cl2O2/c1-5-21-15(20)10-8-6-7-9-13(2)11-12-14-16(3,4)17(14,18)19/h6-8,10,13-14H,5,9,11-12H2,1-4H3. The molecule has 4 heteroatoms. The summed E-state index contributed by atoms with van der Waals surface area (Å²) in [6.45, 7) is 8.68. The molecule has 2 nitrogen and oxygen atoms in total. The first kappa shape index (κ1) is 18.6. The molecular weight excluding hydrogens is 307 g/mol. The number of rotatable bonds is 8. The fourth-order valence-corrected chi connectivity index (χ4v) is 3.50. The Bertz CT molecular complexity index is 397. The highest BCUT2D eigenvalue weighted by Crippen LogP contribution is 2.70. The molecule has 1 saturated carbocycles. The molecule has 2 unspecified atom stereocenters. The Kier molecular flexibility index (Phi) is 6.80. The first-order chi connectivity index (χ1) is 9.73. The number of carbonyl (C=O) groups is 1. The van der Waals surface area contributed by atoms with Gasteiger partial charge in [-0.1, -0.05) is 45.4 Å². The van der Waals surface area contributed by atoms with E-state index in [0.29, 0.717) is 18.4 Å². The summed E-state index contributed by atoms with van der Waals surface area (Å²) in [6.07, 6.45) is 10.3. The van der Waals surface area contributed by atoms with E-state index >= 15 is 0 Å². The summed E-state index contributed by atoms with van der Waals surface area (Å²) in [6, 6.07) is 0. The van der Waals surface area contributed by atoms with E-state index in [1.165, 1.54) is 6.08 Å². The Morgan fingerprint density at radius 3 is 2.48 bits per heavy atom. The van der Waals surface area contributed by atoms with E-state index in [-0.39, 0.29) is 11.4 Å². The highest BCUT2D eigenvalue weighted by atomic mass is 35.5. The lowest BCUT2D eigenvalue weighted by Gasteiger charge is -2.08. The largest absolute Gasteiger partial charge is 0.463 e. The summed E-state index contributed by atoms with van der Waals surface area (Å²) in [5.41, 5.74) is 0.0358. The van der Waals surface area contributed by atoms with Crippen molar-refractivity contribution in [2.75, 3.05) is 6.61 Å². The molecule has 1 aliphatic rings. The van der Waals surface area contributed by atoms with Crippen LogP contribution in [-0.2, 0) is 9.53 Å². The van der Waals surface area contributed by atoms with E-state index in [1.54, 1.807) is 13.0 Å². The first-order valence-electron chi connectivity index (χ1n) is 7.61. The second-order valence-corrected chi connectivity index (χ2v) is 7.74. The quantitative estimate of drug-likeness (QED) is 0.261. The van der Waals surface area contributed by atoms with Crippen molar-refractivity contribution >= 4 is 29.2 Å². The number of hydrogen-bond donors (Lipinski definition) is 0. The molecule has 0 amide bonds. The summed E-state index contributed by atoms with van der Waals surface area (Å²) >= 11 is 12.6. The van der Waals surface area contributed by atoms with Crippen molar-refractivity contribution < 1.29 is 9.53 Å². The van der Waals surface area contributed by atoms with E-state index in [1.807, 2.05) is 6.08 Å². The zero-order chi connectivity index (χ0) is 16.1. The summed E-state index contributed by atoms with van der Waals surface area (Å²) in [5, 5.41) is 0. The Balaban J connectivity index is 2.20. The van der Waals surface area contributed by atoms with Crippen molar-refractivity contribution in [3.63, 3.8) is 0 Å². The molecule has 0 aromatic carbocycles. The molecule has 0 N–H and O–H groups in total. The SMILES string of the molecule is CCOC(=O)C=CC=CCC(C)CCC1C(C)(C)C1(Cl)Cl. The summed E-state index contributed by atoms with van der Waals surface area (Å²) in [5.74, 6) is 0.674. The number of hydrogen-bond acceptors (Lipinski definition) is 2. The number of carbonyl (C=O) groups excluding carboxylic acids is 1. The van der Waals surface area contributed by atoms with E-state index in [4.69, 9.17) is 27.9 Å². The Hall–Kier alpha value is -0.470. The van der Waals surface area contributed by atoms with Crippen LogP contribution in [-0.4, -0.2) is 16.9 Å². The van der Waals surface area contributed by atoms with Gasteiger partial charge in [-0.05, 0) is 25.7 Å². The third-order valence-corrected chi connectivity index (χ3v) is 5.84. The lowest BCUT2D eigenvalue weighted by molar-refractivity contribution is -0.137. The molecule has 0 aromatic heterocycles. The predicted molar refractivity (Wildman–Crippen MR) is 89.6 cm³/mol. The van der Waals surface area contributed by atoms with Gasteiger partial charge in [-0.3, -0.25) is 0 Å². The Morgan fingerprint density at radius 2 is 1.95 bits per heavy atom. The molecule has 0 aromatic rings. The van der Waals surface area contributed by atoms with Crippen LogP contribution in [0.2, 0.25) is 0 Å². The molecule has 1 aliphatic carbocycles. The summed E-state index contributed by atoms with van der Waals surface area (Å²) < 4.78 is 4.25. The fourth-order valence-electron chi connectivity index (χ4n) is 2.58. The molecular formula is C17H26Cl2O2. The van der Waals surface area contributed by atoms with Crippen LogP contribution < -0.4 is 0 Å². The summed E-state index contributed by atoms with van der Waals surface area (Å²) in [4.78, 5) is 11.1. The van der Waals surface area contributed by atoms with Crippen molar-refractivity contribution in [1.29, 1.82) is 0 Å². The number of esters is 1. The predicted octanol–water partition coefficient (Wildman–Crippen LogP) is 5.30. The monoisotopic (exact) mass is 332 g/mol. The lowest BCUT2D eigenvalue weighted by atomic mass is 9.97. The van der Waals surface area contributed by atoms with Gasteiger partial charge in [-0.15, -0.1) is 23.2 Å². The topological polar surface area (TPSA) is 26.3 Å². The molecule has 1 fully saturated rings. The van der Waals surface area contributed by atoms with Crippen molar-refractivity contribution in [1.82, 2.24) is 0 Å². The minimum Gasteiger partial charge on any atom is -0.463 e. The number of ether oxygens (including phenoxy) is 1. The number of alkyl halides is 2. The van der Waals surface area contributed by atoms with Gasteiger partial charge in [0.2, 0.25) is 0 Å². The first-order valence-corrected chi connectivity index (χ1v) is 8.36. The molecule has 120 valence electrons. The van der Waals surface area contributed by atoms with Crippen LogP contribution in [0, 0.1) is 17.3 Å². The van der Waals surface area contributed by atoms with Crippen molar-refractivity contribution in [3.8, 4) is 0 Å². The van der Waals surface area contributed by atoms with Crippen LogP contribution in [0.4, 0.5) is 0 Å². The number of allylic oxidation sites excluding steroid dienone is 3. The molecule has 0 saturated heterocycles. The zero-order valence-electron chi connectivity index (χ0n) is 13.4. The lowest BCUT2D eigenvalue weighted by Crippen LogP contribution is -1.98. The van der Waals surface area contributed by atoms with Gasteiger partial charge in [-0.2, -0.15) is 0 Å². The minimum atomic E-state index is -0.551. The molecule has 0 radical (unpaired) electrons. The van der Waals surface area contributed by atoms with E-state index in [9.17, 15) is 4.79 Å². The van der Waals surface area contributed by atoms with Crippen LogP contribution in [0.25, 0.3) is 0 Å². The maximum Gasteiger partial charge on any atom is 0.330 e. The molecule has 1 rings (SSSR count). The van der Waals surface area contributed by atoms with Crippen LogP contribution in [0.5, 0.6) is 0 Å². The number of halogens is 2. The second-order valence-electron chi connectivity index (χ2n) is 6.35. The van der Waals surface area contributed by atoms with Crippen LogP contribution in [0.1, 0.15) is 47.0 Å². The average molecular weight is 333 g/mol. The van der Waals surface area contributed by atoms with Crippen molar-refractivity contribution in [3.05, 3.63) is 24.3 Å². The smallest absolute Gasteiger partial charge is 0.330 e. The van der Waals surface area contributed by atoms with Gasteiger partial charge in [0.1, 0.15) is 4.33 Å². The highest BCUT2D eigenvalue weighted by Gasteiger charge is 2.69. The molecule has 21 heavy (non-hydrogen) atoms. The Morgan fingerprint density at radius 1 is 1.33 bits per heavy atom. The molecule has 0 heterocycles. The molecule has 0 aliphatic heterocycles. The van der Waals surface area contributed by atoms with E-state index in [2.05, 4.69) is 26.8 Å².